The zero-order chi connectivity index (χ0) is 14.3. The summed E-state index contributed by atoms with van der Waals surface area (Å²) in [6.07, 6.45) is 0.613. The molecule has 2 atom stereocenters. The molecule has 2 unspecified atom stereocenters. The molecule has 0 fully saturated rings. The van der Waals surface area contributed by atoms with Gasteiger partial charge in [0, 0.05) is 19.3 Å². The predicted octanol–water partition coefficient (Wildman–Crippen LogP) is 0.440. The molecule has 0 spiro atoms. The summed E-state index contributed by atoms with van der Waals surface area (Å²) in [7, 11) is 3.47. The molecule has 3 N–H and O–H groups in total. The minimum Gasteiger partial charge on any atom is -0.368 e. The summed E-state index contributed by atoms with van der Waals surface area (Å²) in [5.41, 5.74) is 4.72. The highest BCUT2D eigenvalue weighted by atomic mass is 32.2. The molecule has 5 nitrogen and oxygen atoms in total. The lowest BCUT2D eigenvalue weighted by atomic mass is 9.95. The Hall–Kier alpha value is -0.750. The third kappa shape index (κ3) is 5.73. The van der Waals surface area contributed by atoms with Crippen molar-refractivity contribution in [2.75, 3.05) is 26.4 Å². The Morgan fingerprint density at radius 1 is 1.44 bits per heavy atom. The number of amides is 2. The number of nitrogens with two attached hydrogens (primary N) is 1. The van der Waals surface area contributed by atoms with E-state index in [1.54, 1.807) is 30.8 Å². The highest BCUT2D eigenvalue weighted by Crippen LogP contribution is 2.22. The van der Waals surface area contributed by atoms with E-state index in [9.17, 15) is 9.59 Å². The summed E-state index contributed by atoms with van der Waals surface area (Å²) in [6, 6.07) is 0. The first-order valence-corrected chi connectivity index (χ1v) is 7.14. The number of carbonyl (C=O) groups is 2. The molecule has 0 saturated heterocycles. The van der Waals surface area contributed by atoms with Gasteiger partial charge >= 0.3 is 0 Å². The molecule has 0 radical (unpaired) electrons. The van der Waals surface area contributed by atoms with Gasteiger partial charge in [0.25, 0.3) is 0 Å². The fourth-order valence-electron chi connectivity index (χ4n) is 1.63. The van der Waals surface area contributed by atoms with Crippen LogP contribution in [0.25, 0.3) is 0 Å². The second-order valence-electron chi connectivity index (χ2n) is 4.84. The Morgan fingerprint density at radius 2 is 2.00 bits per heavy atom. The van der Waals surface area contributed by atoms with Crippen LogP contribution in [0.3, 0.4) is 0 Å². The number of likely N-dealkylation sites (N-methyl/N-ethyl adjacent to an activating group) is 1. The van der Waals surface area contributed by atoms with E-state index in [-0.39, 0.29) is 17.1 Å². The SMILES string of the molecule is CCNC(C)(CC(C)SCC(=O)N(C)C)C(N)=O. The molecule has 0 saturated carbocycles. The molecule has 0 rings (SSSR count). The van der Waals surface area contributed by atoms with Crippen molar-refractivity contribution in [1.29, 1.82) is 0 Å². The highest BCUT2D eigenvalue weighted by Gasteiger charge is 2.31. The number of hydrogen-bond acceptors (Lipinski definition) is 4. The number of nitrogens with zero attached hydrogens (tertiary/aromatic N) is 1. The van der Waals surface area contributed by atoms with Crippen molar-refractivity contribution in [2.45, 2.75) is 38.0 Å². The molecular formula is C12H25N3O2S. The Balaban J connectivity index is 4.31. The van der Waals surface area contributed by atoms with Gasteiger partial charge in [-0.15, -0.1) is 11.8 Å². The van der Waals surface area contributed by atoms with Crippen LogP contribution in [0.5, 0.6) is 0 Å². The monoisotopic (exact) mass is 275 g/mol. The van der Waals surface area contributed by atoms with Gasteiger partial charge in [-0.2, -0.15) is 0 Å². The fourth-order valence-corrected chi connectivity index (χ4v) is 2.76. The van der Waals surface area contributed by atoms with Gasteiger partial charge in [0.15, 0.2) is 0 Å². The van der Waals surface area contributed by atoms with Crippen LogP contribution in [0.1, 0.15) is 27.2 Å². The molecule has 18 heavy (non-hydrogen) atoms. The normalized spacial score (nSPS) is 15.8. The Morgan fingerprint density at radius 3 is 2.39 bits per heavy atom. The number of nitrogens with one attached hydrogen (secondary N) is 1. The highest BCUT2D eigenvalue weighted by molar-refractivity contribution is 8.00. The second-order valence-corrected chi connectivity index (χ2v) is 6.27. The molecule has 106 valence electrons. The first-order chi connectivity index (χ1) is 8.23. The maximum Gasteiger partial charge on any atom is 0.237 e. The molecule has 0 bridgehead atoms. The first kappa shape index (κ1) is 17.2. The van der Waals surface area contributed by atoms with E-state index >= 15 is 0 Å². The lowest BCUT2D eigenvalue weighted by Gasteiger charge is -2.29. The molecule has 0 aromatic heterocycles. The van der Waals surface area contributed by atoms with Crippen molar-refractivity contribution in [2.24, 2.45) is 5.73 Å². The van der Waals surface area contributed by atoms with Crippen molar-refractivity contribution in [3.63, 3.8) is 0 Å². The molecule has 0 aliphatic carbocycles. The van der Waals surface area contributed by atoms with Gasteiger partial charge in [-0.1, -0.05) is 13.8 Å². The zero-order valence-corrected chi connectivity index (χ0v) is 12.8. The van der Waals surface area contributed by atoms with Crippen molar-refractivity contribution in [1.82, 2.24) is 10.2 Å². The van der Waals surface area contributed by atoms with Crippen LogP contribution in [0.2, 0.25) is 0 Å². The van der Waals surface area contributed by atoms with Crippen LogP contribution in [0.4, 0.5) is 0 Å². The predicted molar refractivity (Wildman–Crippen MR) is 76.5 cm³/mol. The van der Waals surface area contributed by atoms with E-state index in [4.69, 9.17) is 5.73 Å². The van der Waals surface area contributed by atoms with Gasteiger partial charge in [-0.05, 0) is 19.9 Å². The van der Waals surface area contributed by atoms with Gasteiger partial charge in [-0.3, -0.25) is 9.59 Å². The summed E-state index contributed by atoms with van der Waals surface area (Å²) < 4.78 is 0. The number of hydrogen-bond donors (Lipinski definition) is 2. The molecule has 0 aliphatic rings. The van der Waals surface area contributed by atoms with Crippen LogP contribution in [-0.4, -0.2) is 53.9 Å². The largest absolute Gasteiger partial charge is 0.368 e. The average Bonchev–Trinajstić information content (AvgIpc) is 2.25. The lowest BCUT2D eigenvalue weighted by molar-refractivity contribution is -0.126. The van der Waals surface area contributed by atoms with Crippen LogP contribution < -0.4 is 11.1 Å². The Kier molecular flexibility index (Phi) is 7.32. The molecule has 6 heteroatoms. The number of primary amides is 1. The fraction of sp³-hybridized carbons (Fsp3) is 0.833. The third-order valence-electron chi connectivity index (χ3n) is 2.80. The average molecular weight is 275 g/mol. The van der Waals surface area contributed by atoms with Crippen molar-refractivity contribution in [3.8, 4) is 0 Å². The van der Waals surface area contributed by atoms with Crippen LogP contribution >= 0.6 is 11.8 Å². The smallest absolute Gasteiger partial charge is 0.237 e. The van der Waals surface area contributed by atoms with Gasteiger partial charge < -0.3 is 16.0 Å². The molecular weight excluding hydrogens is 250 g/mol. The molecule has 2 amide bonds. The summed E-state index contributed by atoms with van der Waals surface area (Å²) in [5.74, 6) is 0.154. The molecule has 0 aliphatic heterocycles. The van der Waals surface area contributed by atoms with E-state index in [1.165, 1.54) is 0 Å². The Bertz CT molecular complexity index is 297. The van der Waals surface area contributed by atoms with E-state index in [0.29, 0.717) is 18.7 Å². The van der Waals surface area contributed by atoms with Crippen molar-refractivity contribution >= 4 is 23.6 Å². The summed E-state index contributed by atoms with van der Waals surface area (Å²) in [4.78, 5) is 24.5. The summed E-state index contributed by atoms with van der Waals surface area (Å²) in [5, 5.41) is 3.30. The van der Waals surface area contributed by atoms with Crippen LogP contribution in [-0.2, 0) is 9.59 Å². The molecule has 0 aromatic rings. The topological polar surface area (TPSA) is 75.4 Å². The van der Waals surface area contributed by atoms with E-state index in [1.807, 2.05) is 20.8 Å². The van der Waals surface area contributed by atoms with Crippen LogP contribution in [0, 0.1) is 0 Å². The minimum absolute atomic E-state index is 0.0797. The molecule has 0 aromatic carbocycles. The number of thioether (sulfide) groups is 1. The standard InChI is InChI=1S/C12H25N3O2S/c1-6-14-12(3,11(13)17)7-9(2)18-8-10(16)15(4)5/h9,14H,6-8H2,1-5H3,(H2,13,17). The lowest BCUT2D eigenvalue weighted by Crippen LogP contribution is -2.54. The number of carbonyl (C=O) groups excluding carboxylic acids is 2. The maximum absolute atomic E-state index is 11.5. The van der Waals surface area contributed by atoms with Gasteiger partial charge in [0.1, 0.15) is 0 Å². The molecule has 0 heterocycles. The number of rotatable bonds is 8. The van der Waals surface area contributed by atoms with Gasteiger partial charge in [-0.25, -0.2) is 0 Å². The summed E-state index contributed by atoms with van der Waals surface area (Å²) >= 11 is 1.54. The van der Waals surface area contributed by atoms with Crippen molar-refractivity contribution < 1.29 is 9.59 Å². The van der Waals surface area contributed by atoms with E-state index in [0.717, 1.165) is 0 Å². The Labute approximate surface area is 114 Å². The quantitative estimate of drug-likeness (QED) is 0.674. The second kappa shape index (κ2) is 7.63. The van der Waals surface area contributed by atoms with Crippen molar-refractivity contribution in [3.05, 3.63) is 0 Å². The zero-order valence-electron chi connectivity index (χ0n) is 11.9. The van der Waals surface area contributed by atoms with Gasteiger partial charge in [0.05, 0.1) is 11.3 Å². The first-order valence-electron chi connectivity index (χ1n) is 6.09. The third-order valence-corrected chi connectivity index (χ3v) is 3.95. The maximum atomic E-state index is 11.5. The summed E-state index contributed by atoms with van der Waals surface area (Å²) in [6.45, 7) is 6.44. The van der Waals surface area contributed by atoms with E-state index < -0.39 is 5.54 Å². The minimum atomic E-state index is -0.706. The van der Waals surface area contributed by atoms with Gasteiger partial charge in [0.2, 0.25) is 11.8 Å². The van der Waals surface area contributed by atoms with E-state index in [2.05, 4.69) is 5.32 Å². The van der Waals surface area contributed by atoms with Crippen LogP contribution in [0.15, 0.2) is 0 Å².